The van der Waals surface area contributed by atoms with Crippen molar-refractivity contribution in [2.75, 3.05) is 6.54 Å². The number of hydrogen-bond donors (Lipinski definition) is 3. The molecule has 6 heteroatoms. The first kappa shape index (κ1) is 18.4. The Bertz CT molecular complexity index is 372. The normalized spacial score (nSPS) is 14.6. The molecule has 0 rings (SSSR count). The smallest absolute Gasteiger partial charge is 0.308 e. The summed E-state index contributed by atoms with van der Waals surface area (Å²) in [6.07, 6.45) is 0. The molecule has 0 aliphatic carbocycles. The van der Waals surface area contributed by atoms with E-state index in [1.807, 2.05) is 0 Å². The van der Waals surface area contributed by atoms with E-state index in [9.17, 15) is 14.4 Å². The van der Waals surface area contributed by atoms with Gasteiger partial charge in [-0.2, -0.15) is 0 Å². The van der Waals surface area contributed by atoms with Gasteiger partial charge in [0, 0.05) is 12.0 Å². The van der Waals surface area contributed by atoms with Crippen LogP contribution in [0.4, 0.5) is 0 Å². The van der Waals surface area contributed by atoms with E-state index in [0.29, 0.717) is 0 Å². The summed E-state index contributed by atoms with van der Waals surface area (Å²) < 4.78 is 0. The highest BCUT2D eigenvalue weighted by atomic mass is 16.4. The van der Waals surface area contributed by atoms with Crippen LogP contribution in [-0.2, 0) is 14.4 Å². The molecule has 20 heavy (non-hydrogen) atoms. The number of amides is 2. The summed E-state index contributed by atoms with van der Waals surface area (Å²) in [5.41, 5.74) is -0.573. The standard InChI is InChI=1S/C14H26N2O4/c1-8(2)10(12(18)19)7-15-11(17)9(3)16-13(20)14(4,5)6/h8-10H,7H2,1-6H3,(H,15,17)(H,16,20)(H,18,19). The second kappa shape index (κ2) is 7.26. The highest BCUT2D eigenvalue weighted by Crippen LogP contribution is 2.13. The molecule has 0 spiro atoms. The van der Waals surface area contributed by atoms with Crippen LogP contribution in [0.3, 0.4) is 0 Å². The molecule has 0 aliphatic rings. The molecule has 0 saturated heterocycles. The lowest BCUT2D eigenvalue weighted by Crippen LogP contribution is -2.49. The zero-order chi connectivity index (χ0) is 16.1. The first-order valence-corrected chi connectivity index (χ1v) is 6.78. The third-order valence-electron chi connectivity index (χ3n) is 3.04. The minimum atomic E-state index is -0.938. The fourth-order valence-electron chi connectivity index (χ4n) is 1.45. The number of hydrogen-bond acceptors (Lipinski definition) is 3. The second-order valence-electron chi connectivity index (χ2n) is 6.38. The van der Waals surface area contributed by atoms with Crippen molar-refractivity contribution in [3.05, 3.63) is 0 Å². The van der Waals surface area contributed by atoms with Crippen molar-refractivity contribution in [3.8, 4) is 0 Å². The molecule has 2 amide bonds. The van der Waals surface area contributed by atoms with Crippen molar-refractivity contribution < 1.29 is 19.5 Å². The summed E-state index contributed by atoms with van der Waals surface area (Å²) in [7, 11) is 0. The minimum absolute atomic E-state index is 0.0571. The van der Waals surface area contributed by atoms with E-state index in [0.717, 1.165) is 0 Å². The molecule has 0 aromatic heterocycles. The minimum Gasteiger partial charge on any atom is -0.481 e. The lowest BCUT2D eigenvalue weighted by atomic mass is 9.95. The molecule has 0 radical (unpaired) electrons. The van der Waals surface area contributed by atoms with Crippen LogP contribution >= 0.6 is 0 Å². The molecule has 2 atom stereocenters. The quantitative estimate of drug-likeness (QED) is 0.679. The molecule has 0 saturated carbocycles. The van der Waals surface area contributed by atoms with Gasteiger partial charge in [0.2, 0.25) is 11.8 Å². The van der Waals surface area contributed by atoms with Gasteiger partial charge >= 0.3 is 5.97 Å². The fraction of sp³-hybridized carbons (Fsp3) is 0.786. The Morgan fingerprint density at radius 2 is 1.60 bits per heavy atom. The van der Waals surface area contributed by atoms with Crippen molar-refractivity contribution in [3.63, 3.8) is 0 Å². The predicted octanol–water partition coefficient (Wildman–Crippen LogP) is 1.01. The molecule has 0 aromatic carbocycles. The maximum absolute atomic E-state index is 11.8. The number of carbonyl (C=O) groups is 3. The molecule has 3 N–H and O–H groups in total. The number of aliphatic carboxylic acids is 1. The van der Waals surface area contributed by atoms with E-state index >= 15 is 0 Å². The average molecular weight is 286 g/mol. The molecule has 0 fully saturated rings. The molecule has 2 unspecified atom stereocenters. The van der Waals surface area contributed by atoms with Gasteiger partial charge in [0.25, 0.3) is 0 Å². The fourth-order valence-corrected chi connectivity index (χ4v) is 1.45. The van der Waals surface area contributed by atoms with E-state index in [2.05, 4.69) is 10.6 Å². The average Bonchev–Trinajstić information content (AvgIpc) is 2.26. The Balaban J connectivity index is 4.41. The second-order valence-corrected chi connectivity index (χ2v) is 6.38. The van der Waals surface area contributed by atoms with Gasteiger partial charge < -0.3 is 15.7 Å². The summed E-state index contributed by atoms with van der Waals surface area (Å²) >= 11 is 0. The van der Waals surface area contributed by atoms with Crippen LogP contribution in [-0.4, -0.2) is 35.5 Å². The third kappa shape index (κ3) is 6.04. The molecular weight excluding hydrogens is 260 g/mol. The van der Waals surface area contributed by atoms with Crippen LogP contribution in [0.25, 0.3) is 0 Å². The topological polar surface area (TPSA) is 95.5 Å². The Morgan fingerprint density at radius 1 is 1.10 bits per heavy atom. The van der Waals surface area contributed by atoms with E-state index in [1.165, 1.54) is 0 Å². The van der Waals surface area contributed by atoms with Gasteiger partial charge in [-0.1, -0.05) is 34.6 Å². The summed E-state index contributed by atoms with van der Waals surface area (Å²) in [5, 5.41) is 14.2. The van der Waals surface area contributed by atoms with Gasteiger partial charge in [-0.25, -0.2) is 0 Å². The molecule has 6 nitrogen and oxygen atoms in total. The molecule has 0 aromatic rings. The molecule has 0 aliphatic heterocycles. The van der Waals surface area contributed by atoms with E-state index in [4.69, 9.17) is 5.11 Å². The number of carboxylic acid groups (broad SMARTS) is 1. The van der Waals surface area contributed by atoms with Crippen molar-refractivity contribution in [1.82, 2.24) is 10.6 Å². The van der Waals surface area contributed by atoms with Crippen LogP contribution in [0.5, 0.6) is 0 Å². The van der Waals surface area contributed by atoms with Crippen molar-refractivity contribution >= 4 is 17.8 Å². The maximum atomic E-state index is 11.8. The van der Waals surface area contributed by atoms with Crippen LogP contribution in [0.15, 0.2) is 0 Å². The zero-order valence-corrected chi connectivity index (χ0v) is 13.1. The van der Waals surface area contributed by atoms with E-state index in [1.54, 1.807) is 41.5 Å². The van der Waals surface area contributed by atoms with Crippen molar-refractivity contribution in [1.29, 1.82) is 0 Å². The summed E-state index contributed by atoms with van der Waals surface area (Å²) in [6.45, 7) is 10.5. The highest BCUT2D eigenvalue weighted by Gasteiger charge is 2.26. The number of nitrogens with one attached hydrogen (secondary N) is 2. The lowest BCUT2D eigenvalue weighted by Gasteiger charge is -2.22. The largest absolute Gasteiger partial charge is 0.481 e. The summed E-state index contributed by atoms with van der Waals surface area (Å²) in [6, 6.07) is -0.691. The first-order chi connectivity index (χ1) is 8.96. The van der Waals surface area contributed by atoms with Crippen LogP contribution in [0.2, 0.25) is 0 Å². The number of carboxylic acids is 1. The van der Waals surface area contributed by atoms with Gasteiger partial charge in [0.15, 0.2) is 0 Å². The van der Waals surface area contributed by atoms with Gasteiger partial charge in [-0.3, -0.25) is 14.4 Å². The van der Waals surface area contributed by atoms with Crippen LogP contribution < -0.4 is 10.6 Å². The Kier molecular flexibility index (Phi) is 6.68. The number of rotatable bonds is 6. The Labute approximate surface area is 120 Å². The lowest BCUT2D eigenvalue weighted by molar-refractivity contribution is -0.143. The van der Waals surface area contributed by atoms with Gasteiger partial charge in [-0.05, 0) is 12.8 Å². The SMILES string of the molecule is CC(NC(=O)C(C)(C)C)C(=O)NCC(C(=O)O)C(C)C. The maximum Gasteiger partial charge on any atom is 0.308 e. The van der Waals surface area contributed by atoms with E-state index < -0.39 is 23.3 Å². The first-order valence-electron chi connectivity index (χ1n) is 6.78. The highest BCUT2D eigenvalue weighted by molar-refractivity contribution is 5.89. The van der Waals surface area contributed by atoms with Crippen molar-refractivity contribution in [2.24, 2.45) is 17.3 Å². The molecule has 0 bridgehead atoms. The molecule has 116 valence electrons. The van der Waals surface area contributed by atoms with Gasteiger partial charge in [0.05, 0.1) is 5.92 Å². The Morgan fingerprint density at radius 3 is 1.95 bits per heavy atom. The number of carbonyl (C=O) groups excluding carboxylic acids is 2. The zero-order valence-electron chi connectivity index (χ0n) is 13.1. The van der Waals surface area contributed by atoms with Gasteiger partial charge in [0.1, 0.15) is 6.04 Å². The Hall–Kier alpha value is -1.59. The molecular formula is C14H26N2O4. The monoisotopic (exact) mass is 286 g/mol. The summed E-state index contributed by atoms with van der Waals surface area (Å²) in [4.78, 5) is 34.6. The van der Waals surface area contributed by atoms with Crippen LogP contribution in [0, 0.1) is 17.3 Å². The van der Waals surface area contributed by atoms with E-state index in [-0.39, 0.29) is 24.3 Å². The molecule has 0 heterocycles. The van der Waals surface area contributed by atoms with Crippen molar-refractivity contribution in [2.45, 2.75) is 47.6 Å². The van der Waals surface area contributed by atoms with Crippen LogP contribution in [0.1, 0.15) is 41.5 Å². The third-order valence-corrected chi connectivity index (χ3v) is 3.04. The van der Waals surface area contributed by atoms with Gasteiger partial charge in [-0.15, -0.1) is 0 Å². The summed E-state index contributed by atoms with van der Waals surface area (Å²) in [5.74, 6) is -2.25. The predicted molar refractivity (Wildman–Crippen MR) is 76.0 cm³/mol.